The molecule has 0 bridgehead atoms. The van der Waals surface area contributed by atoms with Gasteiger partial charge >= 0.3 is 0 Å². The Morgan fingerprint density at radius 2 is 1.69 bits per heavy atom. The van der Waals surface area contributed by atoms with E-state index in [1.54, 1.807) is 0 Å². The average molecular weight is 478 g/mol. The summed E-state index contributed by atoms with van der Waals surface area (Å²) in [5.74, 6) is 0. The lowest BCUT2D eigenvalue weighted by molar-refractivity contribution is 0.152. The van der Waals surface area contributed by atoms with E-state index < -0.39 is 0 Å². The molecular weight excluding hydrogens is 445 g/mol. The first-order valence-electron chi connectivity index (χ1n) is 10.9. The average Bonchev–Trinajstić information content (AvgIpc) is 2.78. The molecule has 3 aromatic rings. The molecule has 32 heavy (non-hydrogen) atoms. The summed E-state index contributed by atoms with van der Waals surface area (Å²) in [6, 6.07) is 15.9. The molecule has 0 spiro atoms. The van der Waals surface area contributed by atoms with Crippen molar-refractivity contribution < 1.29 is 0 Å². The number of nitrogens with one attached hydrogen (secondary N) is 2. The van der Waals surface area contributed by atoms with E-state index in [9.17, 15) is 4.79 Å². The molecule has 1 fully saturated rings. The highest BCUT2D eigenvalue weighted by molar-refractivity contribution is 5.94. The van der Waals surface area contributed by atoms with Gasteiger partial charge in [-0.15, -0.1) is 24.8 Å². The molecule has 4 rings (SSSR count). The van der Waals surface area contributed by atoms with Crippen LogP contribution in [0.3, 0.4) is 0 Å². The molecule has 1 aliphatic rings. The number of hydrogen-bond donors (Lipinski definition) is 2. The largest absolute Gasteiger partial charge is 0.385 e. The van der Waals surface area contributed by atoms with Crippen molar-refractivity contribution in [1.29, 1.82) is 0 Å². The molecular formula is C24H33Cl2N5O. The quantitative estimate of drug-likeness (QED) is 0.474. The van der Waals surface area contributed by atoms with Crippen molar-refractivity contribution in [2.24, 2.45) is 0 Å². The Labute approximate surface area is 202 Å². The number of hydrogen-bond acceptors (Lipinski definition) is 5. The van der Waals surface area contributed by atoms with Gasteiger partial charge in [-0.25, -0.2) is 5.10 Å². The van der Waals surface area contributed by atoms with Crippen LogP contribution in [0.5, 0.6) is 0 Å². The van der Waals surface area contributed by atoms with E-state index in [0.29, 0.717) is 5.39 Å². The number of unbranched alkanes of at least 4 members (excludes halogenated alkanes) is 2. The van der Waals surface area contributed by atoms with Crippen LogP contribution in [-0.4, -0.2) is 66.3 Å². The van der Waals surface area contributed by atoms with Gasteiger partial charge in [0.05, 0.1) is 11.1 Å². The topological polar surface area (TPSA) is 64.3 Å². The van der Waals surface area contributed by atoms with E-state index in [-0.39, 0.29) is 30.4 Å². The second-order valence-corrected chi connectivity index (χ2v) is 8.16. The molecule has 0 unspecified atom stereocenters. The minimum atomic E-state index is -0.153. The molecule has 1 aromatic heterocycles. The first kappa shape index (κ1) is 26.1. The molecule has 0 radical (unpaired) electrons. The van der Waals surface area contributed by atoms with Crippen molar-refractivity contribution in [3.8, 4) is 11.3 Å². The van der Waals surface area contributed by atoms with Crippen LogP contribution in [0.4, 0.5) is 5.69 Å². The van der Waals surface area contributed by atoms with E-state index in [2.05, 4.69) is 44.5 Å². The van der Waals surface area contributed by atoms with Gasteiger partial charge < -0.3 is 15.1 Å². The SMILES string of the molecule is CN1CCN(CCCCCNc2cccc(-c3n[nH]c(=O)c4ccccc34)c2)CC1.Cl.Cl. The number of likely N-dealkylation sites (N-methyl/N-ethyl adjacent to an activating group) is 1. The van der Waals surface area contributed by atoms with Gasteiger partial charge in [-0.05, 0) is 44.6 Å². The highest BCUT2D eigenvalue weighted by atomic mass is 35.5. The smallest absolute Gasteiger partial charge is 0.272 e. The number of aromatic nitrogens is 2. The van der Waals surface area contributed by atoms with Crippen molar-refractivity contribution >= 4 is 41.3 Å². The van der Waals surface area contributed by atoms with Gasteiger partial charge in [-0.1, -0.05) is 36.8 Å². The second-order valence-electron chi connectivity index (χ2n) is 8.16. The highest BCUT2D eigenvalue weighted by Crippen LogP contribution is 2.26. The van der Waals surface area contributed by atoms with Crippen LogP contribution in [0.15, 0.2) is 53.3 Å². The maximum Gasteiger partial charge on any atom is 0.272 e. The Morgan fingerprint density at radius 1 is 0.938 bits per heavy atom. The summed E-state index contributed by atoms with van der Waals surface area (Å²) in [4.78, 5) is 17.0. The van der Waals surface area contributed by atoms with E-state index in [1.165, 1.54) is 45.6 Å². The molecule has 0 amide bonds. The summed E-state index contributed by atoms with van der Waals surface area (Å²) in [5.41, 5.74) is 2.74. The first-order chi connectivity index (χ1) is 14.7. The van der Waals surface area contributed by atoms with Crippen molar-refractivity contribution in [3.05, 3.63) is 58.9 Å². The fraction of sp³-hybridized carbons (Fsp3) is 0.417. The zero-order chi connectivity index (χ0) is 20.8. The number of anilines is 1. The predicted molar refractivity (Wildman–Crippen MR) is 139 cm³/mol. The third-order valence-electron chi connectivity index (χ3n) is 5.91. The monoisotopic (exact) mass is 477 g/mol. The van der Waals surface area contributed by atoms with Crippen molar-refractivity contribution in [2.45, 2.75) is 19.3 Å². The third kappa shape index (κ3) is 6.69. The van der Waals surface area contributed by atoms with E-state index in [0.717, 1.165) is 35.3 Å². The van der Waals surface area contributed by atoms with Crippen LogP contribution in [0, 0.1) is 0 Å². The molecule has 174 valence electrons. The lowest BCUT2D eigenvalue weighted by Crippen LogP contribution is -2.44. The van der Waals surface area contributed by atoms with Gasteiger partial charge in [0.1, 0.15) is 0 Å². The van der Waals surface area contributed by atoms with Crippen LogP contribution in [0.25, 0.3) is 22.0 Å². The standard InChI is InChI=1S/C24H31N5O.2ClH/c1-28-14-16-29(17-15-28)13-6-2-5-12-25-20-9-7-8-19(18-20)23-21-10-3-4-11-22(21)24(30)27-26-23;;/h3-4,7-11,18,25H,2,5-6,12-17H2,1H3,(H,27,30);2*1H. The molecule has 1 aliphatic heterocycles. The zero-order valence-corrected chi connectivity index (χ0v) is 20.2. The van der Waals surface area contributed by atoms with Crippen LogP contribution in [0.1, 0.15) is 19.3 Å². The lowest BCUT2D eigenvalue weighted by atomic mass is 10.0. The fourth-order valence-corrected chi connectivity index (χ4v) is 4.05. The number of halogens is 2. The Morgan fingerprint density at radius 3 is 2.47 bits per heavy atom. The Kier molecular flexibility index (Phi) is 10.5. The lowest BCUT2D eigenvalue weighted by Gasteiger charge is -2.32. The van der Waals surface area contributed by atoms with Gasteiger partial charge in [-0.3, -0.25) is 4.79 Å². The number of rotatable bonds is 8. The Balaban J connectivity index is 0.00000181. The summed E-state index contributed by atoms with van der Waals surface area (Å²) in [6.07, 6.45) is 3.67. The summed E-state index contributed by atoms with van der Waals surface area (Å²) >= 11 is 0. The molecule has 2 heterocycles. The molecule has 6 nitrogen and oxygen atoms in total. The zero-order valence-electron chi connectivity index (χ0n) is 18.5. The molecule has 0 saturated carbocycles. The van der Waals surface area contributed by atoms with Gasteiger partial charge in [0, 0.05) is 49.4 Å². The number of aromatic amines is 1. The molecule has 2 aromatic carbocycles. The number of H-pyrrole nitrogens is 1. The molecule has 0 aliphatic carbocycles. The second kappa shape index (κ2) is 12.8. The maximum absolute atomic E-state index is 12.0. The predicted octanol–water partition coefficient (Wildman–Crippen LogP) is 4.26. The minimum Gasteiger partial charge on any atom is -0.385 e. The minimum absolute atomic E-state index is 0. The Hall–Kier alpha value is -2.12. The summed E-state index contributed by atoms with van der Waals surface area (Å²) in [6.45, 7) is 6.97. The number of benzene rings is 2. The number of nitrogens with zero attached hydrogens (tertiary/aromatic N) is 3. The summed E-state index contributed by atoms with van der Waals surface area (Å²) in [7, 11) is 2.20. The maximum atomic E-state index is 12.0. The highest BCUT2D eigenvalue weighted by Gasteiger charge is 2.12. The number of fused-ring (bicyclic) bond motifs is 1. The fourth-order valence-electron chi connectivity index (χ4n) is 4.05. The van der Waals surface area contributed by atoms with Gasteiger partial charge in [0.25, 0.3) is 5.56 Å². The van der Waals surface area contributed by atoms with E-state index >= 15 is 0 Å². The molecule has 1 saturated heterocycles. The van der Waals surface area contributed by atoms with Gasteiger partial charge in [0.15, 0.2) is 0 Å². The van der Waals surface area contributed by atoms with Gasteiger partial charge in [0.2, 0.25) is 0 Å². The third-order valence-corrected chi connectivity index (χ3v) is 5.91. The van der Waals surface area contributed by atoms with Crippen molar-refractivity contribution in [3.63, 3.8) is 0 Å². The molecule has 2 N–H and O–H groups in total. The number of piperazine rings is 1. The molecule has 8 heteroatoms. The van der Waals surface area contributed by atoms with Crippen molar-refractivity contribution in [2.75, 3.05) is 51.6 Å². The van der Waals surface area contributed by atoms with Crippen LogP contribution < -0.4 is 10.9 Å². The Bertz CT molecular complexity index is 1030. The van der Waals surface area contributed by atoms with Gasteiger partial charge in [-0.2, -0.15) is 5.10 Å². The van der Waals surface area contributed by atoms with Crippen LogP contribution in [0.2, 0.25) is 0 Å². The first-order valence-corrected chi connectivity index (χ1v) is 10.9. The molecule has 0 atom stereocenters. The van der Waals surface area contributed by atoms with E-state index in [1.807, 2.05) is 36.4 Å². The van der Waals surface area contributed by atoms with Crippen molar-refractivity contribution in [1.82, 2.24) is 20.0 Å². The van der Waals surface area contributed by atoms with Crippen LogP contribution in [-0.2, 0) is 0 Å². The van der Waals surface area contributed by atoms with E-state index in [4.69, 9.17) is 0 Å². The summed E-state index contributed by atoms with van der Waals surface area (Å²) in [5, 5.41) is 12.0. The summed E-state index contributed by atoms with van der Waals surface area (Å²) < 4.78 is 0. The normalized spacial score (nSPS) is 14.5. The van der Waals surface area contributed by atoms with Crippen LogP contribution >= 0.6 is 24.8 Å².